The van der Waals surface area contributed by atoms with Crippen LogP contribution in [0.4, 0.5) is 0 Å². The summed E-state index contributed by atoms with van der Waals surface area (Å²) < 4.78 is 10.5. The van der Waals surface area contributed by atoms with Crippen molar-refractivity contribution in [2.24, 2.45) is 5.73 Å². The van der Waals surface area contributed by atoms with Gasteiger partial charge in [-0.3, -0.25) is 0 Å². The zero-order chi connectivity index (χ0) is 9.68. The minimum atomic E-state index is 0.147. The zero-order valence-corrected chi connectivity index (χ0v) is 8.12. The summed E-state index contributed by atoms with van der Waals surface area (Å²) in [5.74, 6) is 0. The molecule has 0 radical (unpaired) electrons. The number of ether oxygens (including phenoxy) is 1. The highest BCUT2D eigenvalue weighted by molar-refractivity contribution is 4.99. The molecule has 0 aliphatic rings. The Morgan fingerprint density at radius 1 is 1.69 bits per heavy atom. The van der Waals surface area contributed by atoms with Crippen LogP contribution < -0.4 is 10.5 Å². The SMILES string of the molecule is CCCC(C)Oc1nc(CN)co1. The van der Waals surface area contributed by atoms with Gasteiger partial charge >= 0.3 is 6.08 Å². The van der Waals surface area contributed by atoms with Gasteiger partial charge in [0.2, 0.25) is 0 Å². The molecule has 0 saturated carbocycles. The van der Waals surface area contributed by atoms with Crippen molar-refractivity contribution in [2.45, 2.75) is 39.3 Å². The predicted octanol–water partition coefficient (Wildman–Crippen LogP) is 1.70. The van der Waals surface area contributed by atoms with Crippen molar-refractivity contribution in [3.63, 3.8) is 0 Å². The van der Waals surface area contributed by atoms with Gasteiger partial charge in [0.25, 0.3) is 0 Å². The maximum absolute atomic E-state index is 5.40. The number of rotatable bonds is 5. The fourth-order valence-corrected chi connectivity index (χ4v) is 1.07. The van der Waals surface area contributed by atoms with Gasteiger partial charge in [-0.25, -0.2) is 0 Å². The van der Waals surface area contributed by atoms with Gasteiger partial charge in [0, 0.05) is 6.54 Å². The molecule has 13 heavy (non-hydrogen) atoms. The van der Waals surface area contributed by atoms with Gasteiger partial charge in [-0.05, 0) is 13.3 Å². The highest BCUT2D eigenvalue weighted by Gasteiger charge is 2.07. The minimum Gasteiger partial charge on any atom is -0.447 e. The summed E-state index contributed by atoms with van der Waals surface area (Å²) in [5, 5.41) is 0. The van der Waals surface area contributed by atoms with Crippen LogP contribution in [-0.4, -0.2) is 11.1 Å². The maximum Gasteiger partial charge on any atom is 0.393 e. The molecule has 0 amide bonds. The average Bonchev–Trinajstić information content (AvgIpc) is 2.52. The highest BCUT2D eigenvalue weighted by atomic mass is 16.6. The van der Waals surface area contributed by atoms with Crippen LogP contribution in [0.5, 0.6) is 6.08 Å². The smallest absolute Gasteiger partial charge is 0.393 e. The fourth-order valence-electron chi connectivity index (χ4n) is 1.07. The molecule has 0 aliphatic heterocycles. The molecule has 4 nitrogen and oxygen atoms in total. The first-order valence-corrected chi connectivity index (χ1v) is 4.57. The molecular weight excluding hydrogens is 168 g/mol. The lowest BCUT2D eigenvalue weighted by Gasteiger charge is -2.08. The van der Waals surface area contributed by atoms with Crippen molar-refractivity contribution in [1.29, 1.82) is 0 Å². The van der Waals surface area contributed by atoms with Gasteiger partial charge in [0.15, 0.2) is 0 Å². The highest BCUT2D eigenvalue weighted by Crippen LogP contribution is 2.13. The molecule has 0 saturated heterocycles. The summed E-state index contributed by atoms with van der Waals surface area (Å²) in [6, 6.07) is 0. The predicted molar refractivity (Wildman–Crippen MR) is 49.4 cm³/mol. The minimum absolute atomic E-state index is 0.147. The normalized spacial score (nSPS) is 12.8. The third-order valence-electron chi connectivity index (χ3n) is 1.74. The van der Waals surface area contributed by atoms with Crippen LogP contribution in [-0.2, 0) is 6.54 Å². The number of oxazole rings is 1. The topological polar surface area (TPSA) is 61.3 Å². The van der Waals surface area contributed by atoms with E-state index in [2.05, 4.69) is 11.9 Å². The molecule has 0 aliphatic carbocycles. The van der Waals surface area contributed by atoms with Crippen molar-refractivity contribution in [3.8, 4) is 6.08 Å². The molecule has 1 heterocycles. The molecule has 0 aromatic carbocycles. The van der Waals surface area contributed by atoms with Crippen molar-refractivity contribution in [3.05, 3.63) is 12.0 Å². The quantitative estimate of drug-likeness (QED) is 0.756. The van der Waals surface area contributed by atoms with E-state index in [1.807, 2.05) is 6.92 Å². The number of aromatic nitrogens is 1. The van der Waals surface area contributed by atoms with Gasteiger partial charge in [-0.1, -0.05) is 13.3 Å². The standard InChI is InChI=1S/C9H16N2O2/c1-3-4-7(2)13-9-11-8(5-10)6-12-9/h6-7H,3-5,10H2,1-2H3. The maximum atomic E-state index is 5.40. The van der Waals surface area contributed by atoms with Gasteiger partial charge in [-0.2, -0.15) is 4.98 Å². The summed E-state index contributed by atoms with van der Waals surface area (Å²) >= 11 is 0. The molecule has 4 heteroatoms. The Morgan fingerprint density at radius 2 is 2.46 bits per heavy atom. The van der Waals surface area contributed by atoms with Crippen LogP contribution in [0.3, 0.4) is 0 Å². The lowest BCUT2D eigenvalue weighted by atomic mass is 10.2. The van der Waals surface area contributed by atoms with Crippen molar-refractivity contribution in [1.82, 2.24) is 4.98 Å². The van der Waals surface area contributed by atoms with Crippen LogP contribution in [0.2, 0.25) is 0 Å². The van der Waals surface area contributed by atoms with Crippen LogP contribution >= 0.6 is 0 Å². The second-order valence-electron chi connectivity index (χ2n) is 3.03. The second-order valence-corrected chi connectivity index (χ2v) is 3.03. The van der Waals surface area contributed by atoms with Gasteiger partial charge in [-0.15, -0.1) is 0 Å². The van der Waals surface area contributed by atoms with E-state index in [0.717, 1.165) is 18.5 Å². The van der Waals surface area contributed by atoms with Gasteiger partial charge in [0.05, 0.1) is 5.69 Å². The Hall–Kier alpha value is -1.03. The van der Waals surface area contributed by atoms with E-state index in [1.54, 1.807) is 0 Å². The Kier molecular flexibility index (Phi) is 3.76. The third kappa shape index (κ3) is 3.06. The number of hydrogen-bond donors (Lipinski definition) is 1. The van der Waals surface area contributed by atoms with Crippen molar-refractivity contribution in [2.75, 3.05) is 0 Å². The molecule has 0 spiro atoms. The molecule has 1 aromatic rings. The lowest BCUT2D eigenvalue weighted by Crippen LogP contribution is -2.11. The summed E-state index contributed by atoms with van der Waals surface area (Å²) in [4.78, 5) is 4.04. The first kappa shape index (κ1) is 10.1. The second kappa shape index (κ2) is 4.87. The van der Waals surface area contributed by atoms with Crippen LogP contribution in [0, 0.1) is 0 Å². The van der Waals surface area contributed by atoms with E-state index in [1.165, 1.54) is 6.26 Å². The Bertz CT molecular complexity index is 248. The molecule has 1 unspecified atom stereocenters. The van der Waals surface area contributed by atoms with E-state index < -0.39 is 0 Å². The number of hydrogen-bond acceptors (Lipinski definition) is 4. The monoisotopic (exact) mass is 184 g/mol. The number of nitrogens with two attached hydrogens (primary N) is 1. The summed E-state index contributed by atoms with van der Waals surface area (Å²) in [5.41, 5.74) is 6.10. The lowest BCUT2D eigenvalue weighted by molar-refractivity contribution is 0.153. The first-order chi connectivity index (χ1) is 6.26. The van der Waals surface area contributed by atoms with Gasteiger partial charge < -0.3 is 14.9 Å². The fraction of sp³-hybridized carbons (Fsp3) is 0.667. The molecule has 1 rings (SSSR count). The number of nitrogens with zero attached hydrogens (tertiary/aromatic N) is 1. The van der Waals surface area contributed by atoms with E-state index in [-0.39, 0.29) is 6.10 Å². The zero-order valence-electron chi connectivity index (χ0n) is 8.12. The van der Waals surface area contributed by atoms with Gasteiger partial charge in [0.1, 0.15) is 12.4 Å². The largest absolute Gasteiger partial charge is 0.447 e. The summed E-state index contributed by atoms with van der Waals surface area (Å²) in [7, 11) is 0. The van der Waals surface area contributed by atoms with E-state index >= 15 is 0 Å². The first-order valence-electron chi connectivity index (χ1n) is 4.57. The van der Waals surface area contributed by atoms with E-state index in [0.29, 0.717) is 12.6 Å². The molecule has 0 bridgehead atoms. The Morgan fingerprint density at radius 3 is 3.00 bits per heavy atom. The van der Waals surface area contributed by atoms with Crippen molar-refractivity contribution < 1.29 is 9.15 Å². The van der Waals surface area contributed by atoms with Crippen LogP contribution in [0.1, 0.15) is 32.4 Å². The Labute approximate surface area is 78.1 Å². The van der Waals surface area contributed by atoms with E-state index in [4.69, 9.17) is 14.9 Å². The average molecular weight is 184 g/mol. The molecule has 0 fully saturated rings. The molecule has 1 aromatic heterocycles. The summed E-state index contributed by atoms with van der Waals surface area (Å²) in [6.45, 7) is 4.49. The molecule has 1 atom stereocenters. The third-order valence-corrected chi connectivity index (χ3v) is 1.74. The van der Waals surface area contributed by atoms with E-state index in [9.17, 15) is 0 Å². The summed E-state index contributed by atoms with van der Waals surface area (Å²) in [6.07, 6.45) is 4.08. The van der Waals surface area contributed by atoms with Crippen LogP contribution in [0.25, 0.3) is 0 Å². The Balaban J connectivity index is 2.44. The van der Waals surface area contributed by atoms with Crippen LogP contribution in [0.15, 0.2) is 10.7 Å². The molecule has 74 valence electrons. The molecule has 2 N–H and O–H groups in total. The van der Waals surface area contributed by atoms with Crippen molar-refractivity contribution >= 4 is 0 Å². The molecular formula is C9H16N2O2.